The highest BCUT2D eigenvalue weighted by molar-refractivity contribution is 5.78. The third kappa shape index (κ3) is 2.49. The highest BCUT2D eigenvalue weighted by Crippen LogP contribution is 2.26. The van der Waals surface area contributed by atoms with Crippen LogP contribution in [0.4, 0.5) is 10.1 Å². The van der Waals surface area contributed by atoms with E-state index in [1.54, 1.807) is 19.0 Å². The molecular weight excluding hydrogens is 213 g/mol. The normalized spacial score (nSPS) is 12.1. The molecule has 0 spiro atoms. The van der Waals surface area contributed by atoms with E-state index in [4.69, 9.17) is 0 Å². The van der Waals surface area contributed by atoms with E-state index in [0.29, 0.717) is 11.3 Å². The summed E-state index contributed by atoms with van der Waals surface area (Å²) in [5, 5.41) is 9.69. The molecule has 0 saturated carbocycles. The van der Waals surface area contributed by atoms with Gasteiger partial charge in [-0.3, -0.25) is 0 Å². The van der Waals surface area contributed by atoms with Gasteiger partial charge >= 0.3 is 5.97 Å². The molecule has 1 unspecified atom stereocenters. The van der Waals surface area contributed by atoms with Gasteiger partial charge < -0.3 is 14.7 Å². The Kier molecular flexibility index (Phi) is 3.84. The first kappa shape index (κ1) is 12.4. The number of methoxy groups -OCH3 is 1. The summed E-state index contributed by atoms with van der Waals surface area (Å²) in [4.78, 5) is 12.8. The van der Waals surface area contributed by atoms with Crippen LogP contribution in [0.5, 0.6) is 0 Å². The summed E-state index contributed by atoms with van der Waals surface area (Å²) in [6.45, 7) is 0. The lowest BCUT2D eigenvalue weighted by Crippen LogP contribution is -2.18. The molecule has 1 atom stereocenters. The van der Waals surface area contributed by atoms with E-state index >= 15 is 0 Å². The number of hydrogen-bond donors (Lipinski definition) is 1. The minimum absolute atomic E-state index is 0.318. The third-order valence-electron chi connectivity index (χ3n) is 2.19. The number of hydrogen-bond acceptors (Lipinski definition) is 4. The molecule has 0 aliphatic carbocycles. The Morgan fingerprint density at radius 3 is 2.62 bits per heavy atom. The van der Waals surface area contributed by atoms with Gasteiger partial charge in [0.2, 0.25) is 0 Å². The smallest absolute Gasteiger partial charge is 0.339 e. The van der Waals surface area contributed by atoms with Gasteiger partial charge in [0.05, 0.1) is 7.11 Å². The van der Waals surface area contributed by atoms with Crippen LogP contribution in [-0.2, 0) is 9.53 Å². The Bertz CT molecular complexity index is 393. The van der Waals surface area contributed by atoms with Gasteiger partial charge in [0.15, 0.2) is 6.10 Å². The fraction of sp³-hybridized carbons (Fsp3) is 0.364. The van der Waals surface area contributed by atoms with Crippen molar-refractivity contribution in [3.63, 3.8) is 0 Å². The van der Waals surface area contributed by atoms with Gasteiger partial charge in [0, 0.05) is 25.3 Å². The summed E-state index contributed by atoms with van der Waals surface area (Å²) in [6.07, 6.45) is -1.40. The summed E-state index contributed by atoms with van der Waals surface area (Å²) in [6, 6.07) is 3.81. The van der Waals surface area contributed by atoms with Crippen LogP contribution in [0.1, 0.15) is 11.7 Å². The molecule has 0 amide bonds. The van der Waals surface area contributed by atoms with Crippen LogP contribution in [0.3, 0.4) is 0 Å². The number of halogens is 1. The topological polar surface area (TPSA) is 49.8 Å². The zero-order valence-electron chi connectivity index (χ0n) is 9.40. The van der Waals surface area contributed by atoms with Crippen molar-refractivity contribution in [2.45, 2.75) is 6.10 Å². The Labute approximate surface area is 93.3 Å². The first-order chi connectivity index (χ1) is 7.47. The molecule has 5 heteroatoms. The molecule has 0 aromatic heterocycles. The molecule has 0 bridgehead atoms. The van der Waals surface area contributed by atoms with Gasteiger partial charge in [0.25, 0.3) is 0 Å². The van der Waals surface area contributed by atoms with Crippen molar-refractivity contribution in [3.05, 3.63) is 29.6 Å². The summed E-state index contributed by atoms with van der Waals surface area (Å²) in [5.74, 6) is -1.20. The third-order valence-corrected chi connectivity index (χ3v) is 2.19. The molecule has 1 N–H and O–H groups in total. The second-order valence-corrected chi connectivity index (χ2v) is 3.52. The van der Waals surface area contributed by atoms with Gasteiger partial charge in [-0.1, -0.05) is 6.07 Å². The molecule has 0 radical (unpaired) electrons. The second-order valence-electron chi connectivity index (χ2n) is 3.52. The van der Waals surface area contributed by atoms with Crippen molar-refractivity contribution in [1.29, 1.82) is 0 Å². The van der Waals surface area contributed by atoms with E-state index in [0.717, 1.165) is 0 Å². The molecule has 1 rings (SSSR count). The highest BCUT2D eigenvalue weighted by atomic mass is 19.1. The average Bonchev–Trinajstić information content (AvgIpc) is 2.26. The molecular formula is C11H14FNO3. The molecule has 1 aromatic rings. The quantitative estimate of drug-likeness (QED) is 0.785. The van der Waals surface area contributed by atoms with Crippen LogP contribution in [0.2, 0.25) is 0 Å². The van der Waals surface area contributed by atoms with Gasteiger partial charge in [-0.25, -0.2) is 9.18 Å². The zero-order chi connectivity index (χ0) is 12.3. The Hall–Kier alpha value is -1.62. The number of rotatable bonds is 3. The van der Waals surface area contributed by atoms with E-state index < -0.39 is 17.9 Å². The largest absolute Gasteiger partial charge is 0.467 e. The van der Waals surface area contributed by atoms with Crippen LogP contribution in [0.25, 0.3) is 0 Å². The van der Waals surface area contributed by atoms with Crippen molar-refractivity contribution in [2.75, 3.05) is 26.1 Å². The summed E-state index contributed by atoms with van der Waals surface area (Å²) in [7, 11) is 4.58. The van der Waals surface area contributed by atoms with Crippen molar-refractivity contribution >= 4 is 11.7 Å². The van der Waals surface area contributed by atoms with E-state index in [9.17, 15) is 14.3 Å². The minimum Gasteiger partial charge on any atom is -0.467 e. The van der Waals surface area contributed by atoms with Gasteiger partial charge in [0.1, 0.15) is 5.82 Å². The number of carbonyl (C=O) groups is 1. The van der Waals surface area contributed by atoms with Crippen LogP contribution < -0.4 is 4.90 Å². The minimum atomic E-state index is -1.40. The average molecular weight is 227 g/mol. The van der Waals surface area contributed by atoms with Crippen LogP contribution in [-0.4, -0.2) is 32.3 Å². The maximum absolute atomic E-state index is 13.0. The maximum Gasteiger partial charge on any atom is 0.339 e. The van der Waals surface area contributed by atoms with Crippen molar-refractivity contribution in [1.82, 2.24) is 0 Å². The van der Waals surface area contributed by atoms with Crippen LogP contribution >= 0.6 is 0 Å². The number of anilines is 1. The molecule has 0 saturated heterocycles. The summed E-state index contributed by atoms with van der Waals surface area (Å²) in [5.41, 5.74) is 0.760. The number of carbonyl (C=O) groups excluding carboxylic acids is 1. The van der Waals surface area contributed by atoms with Crippen molar-refractivity contribution < 1.29 is 19.0 Å². The Morgan fingerprint density at radius 2 is 2.12 bits per heavy atom. The number of aliphatic hydroxyl groups is 1. The second kappa shape index (κ2) is 4.94. The van der Waals surface area contributed by atoms with Crippen LogP contribution in [0.15, 0.2) is 18.2 Å². The molecule has 1 aromatic carbocycles. The lowest BCUT2D eigenvalue weighted by molar-refractivity contribution is -0.150. The van der Waals surface area contributed by atoms with Crippen molar-refractivity contribution in [2.24, 2.45) is 0 Å². The number of ether oxygens (including phenoxy) is 1. The molecule has 4 nitrogen and oxygen atoms in total. The molecule has 0 fully saturated rings. The van der Waals surface area contributed by atoms with Gasteiger partial charge in [-0.15, -0.1) is 0 Å². The highest BCUT2D eigenvalue weighted by Gasteiger charge is 2.22. The lowest BCUT2D eigenvalue weighted by atomic mass is 10.1. The summed E-state index contributed by atoms with van der Waals surface area (Å²) < 4.78 is 17.5. The molecule has 0 heterocycles. The first-order valence-electron chi connectivity index (χ1n) is 4.70. The fourth-order valence-corrected chi connectivity index (χ4v) is 1.37. The number of nitrogens with zero attached hydrogens (tertiary/aromatic N) is 1. The van der Waals surface area contributed by atoms with Gasteiger partial charge in [-0.2, -0.15) is 0 Å². The number of aliphatic hydroxyl groups excluding tert-OH is 1. The SMILES string of the molecule is COC(=O)C(O)c1ccc(F)cc1N(C)C. The first-order valence-corrected chi connectivity index (χ1v) is 4.70. The number of benzene rings is 1. The fourth-order valence-electron chi connectivity index (χ4n) is 1.37. The van der Waals surface area contributed by atoms with Crippen LogP contribution in [0, 0.1) is 5.82 Å². The maximum atomic E-state index is 13.0. The Morgan fingerprint density at radius 1 is 1.50 bits per heavy atom. The van der Waals surface area contributed by atoms with E-state index in [1.165, 1.54) is 25.3 Å². The standard InChI is InChI=1S/C11H14FNO3/c1-13(2)9-6-7(12)4-5-8(9)10(14)11(15)16-3/h4-6,10,14H,1-3H3. The number of esters is 1. The van der Waals surface area contributed by atoms with E-state index in [2.05, 4.69) is 4.74 Å². The van der Waals surface area contributed by atoms with Gasteiger partial charge in [-0.05, 0) is 12.1 Å². The molecule has 88 valence electrons. The molecule has 0 aliphatic heterocycles. The van der Waals surface area contributed by atoms with E-state index in [-0.39, 0.29) is 0 Å². The lowest BCUT2D eigenvalue weighted by Gasteiger charge is -2.19. The predicted octanol–water partition coefficient (Wildman–Crippen LogP) is 1.10. The zero-order valence-corrected chi connectivity index (χ0v) is 9.40. The monoisotopic (exact) mass is 227 g/mol. The predicted molar refractivity (Wildman–Crippen MR) is 57.7 cm³/mol. The van der Waals surface area contributed by atoms with Crippen molar-refractivity contribution in [3.8, 4) is 0 Å². The summed E-state index contributed by atoms with van der Waals surface area (Å²) >= 11 is 0. The Balaban J connectivity index is 3.17. The molecule has 0 aliphatic rings. The molecule has 16 heavy (non-hydrogen) atoms. The van der Waals surface area contributed by atoms with E-state index in [1.807, 2.05) is 0 Å².